The number of carboxylic acids is 1. The van der Waals surface area contributed by atoms with Crippen LogP contribution in [0, 0.1) is 5.82 Å². The third-order valence-corrected chi connectivity index (χ3v) is 4.15. The van der Waals surface area contributed by atoms with Crippen molar-refractivity contribution in [2.24, 2.45) is 0 Å². The number of hydrogen-bond donors (Lipinski definition) is 1. The molecule has 1 atom stereocenters. The van der Waals surface area contributed by atoms with E-state index in [0.717, 1.165) is 0 Å². The number of rotatable bonds is 1. The zero-order valence-electron chi connectivity index (χ0n) is 14.4. The van der Waals surface area contributed by atoms with E-state index in [1.807, 2.05) is 25.7 Å². The summed E-state index contributed by atoms with van der Waals surface area (Å²) in [6, 6.07) is 2.27. The number of anilines is 1. The topological polar surface area (TPSA) is 79.3 Å². The first-order valence-electron chi connectivity index (χ1n) is 8.10. The number of carboxylic acid groups (broad SMARTS) is 1. The van der Waals surface area contributed by atoms with E-state index in [2.05, 4.69) is 0 Å². The number of ether oxygens (including phenoxy) is 2. The van der Waals surface area contributed by atoms with Gasteiger partial charge in [0, 0.05) is 25.7 Å². The first-order chi connectivity index (χ1) is 11.7. The number of aromatic carboxylic acids is 1. The van der Waals surface area contributed by atoms with Crippen LogP contribution in [-0.4, -0.2) is 60.0 Å². The van der Waals surface area contributed by atoms with Gasteiger partial charge < -0.3 is 24.4 Å². The SMILES string of the molecule is CC(C)(C)OC(=O)N1CCN2c3cc(F)c(C(=O)O)cc3OC[C@@H]2C1. The van der Waals surface area contributed by atoms with Crippen LogP contribution in [0.15, 0.2) is 12.1 Å². The van der Waals surface area contributed by atoms with Crippen molar-refractivity contribution in [3.8, 4) is 5.75 Å². The van der Waals surface area contributed by atoms with E-state index in [-0.39, 0.29) is 18.7 Å². The van der Waals surface area contributed by atoms with Crippen LogP contribution in [0.1, 0.15) is 31.1 Å². The fourth-order valence-corrected chi connectivity index (χ4v) is 3.04. The molecule has 136 valence electrons. The predicted molar refractivity (Wildman–Crippen MR) is 87.8 cm³/mol. The highest BCUT2D eigenvalue weighted by Gasteiger charge is 2.36. The van der Waals surface area contributed by atoms with Crippen LogP contribution in [0.5, 0.6) is 5.75 Å². The largest absolute Gasteiger partial charge is 0.489 e. The molecule has 0 aliphatic carbocycles. The lowest BCUT2D eigenvalue weighted by Gasteiger charge is -2.45. The van der Waals surface area contributed by atoms with Crippen LogP contribution >= 0.6 is 0 Å². The number of benzene rings is 1. The van der Waals surface area contributed by atoms with Crippen molar-refractivity contribution in [2.45, 2.75) is 32.4 Å². The lowest BCUT2D eigenvalue weighted by Crippen LogP contribution is -2.59. The monoisotopic (exact) mass is 352 g/mol. The molecule has 2 aliphatic heterocycles. The van der Waals surface area contributed by atoms with Crippen LogP contribution in [0.25, 0.3) is 0 Å². The second-order valence-corrected chi connectivity index (χ2v) is 7.19. The normalized spacial score (nSPS) is 19.6. The summed E-state index contributed by atoms with van der Waals surface area (Å²) in [5.41, 5.74) is -0.465. The zero-order chi connectivity index (χ0) is 18.4. The molecule has 8 heteroatoms. The van der Waals surface area contributed by atoms with Crippen LogP contribution < -0.4 is 9.64 Å². The van der Waals surface area contributed by atoms with Gasteiger partial charge in [0.2, 0.25) is 0 Å². The molecule has 1 aromatic rings. The molecule has 1 N–H and O–H groups in total. The number of halogens is 1. The Morgan fingerprint density at radius 1 is 1.32 bits per heavy atom. The van der Waals surface area contributed by atoms with Crippen molar-refractivity contribution in [3.05, 3.63) is 23.5 Å². The van der Waals surface area contributed by atoms with E-state index < -0.39 is 23.0 Å². The van der Waals surface area contributed by atoms with Gasteiger partial charge in [0.05, 0.1) is 17.3 Å². The molecule has 1 aromatic carbocycles. The maximum Gasteiger partial charge on any atom is 0.410 e. The molecule has 7 nitrogen and oxygen atoms in total. The smallest absolute Gasteiger partial charge is 0.410 e. The Hall–Kier alpha value is -2.51. The summed E-state index contributed by atoms with van der Waals surface area (Å²) >= 11 is 0. The summed E-state index contributed by atoms with van der Waals surface area (Å²) in [4.78, 5) is 26.8. The van der Waals surface area contributed by atoms with Crippen molar-refractivity contribution >= 4 is 17.7 Å². The van der Waals surface area contributed by atoms with E-state index in [1.54, 1.807) is 4.90 Å². The number of hydrogen-bond acceptors (Lipinski definition) is 5. The summed E-state index contributed by atoms with van der Waals surface area (Å²) in [6.45, 7) is 7.05. The number of nitrogens with zero attached hydrogens (tertiary/aromatic N) is 2. The molecule has 0 bridgehead atoms. The molecule has 2 aliphatic rings. The molecule has 0 saturated carbocycles. The fraction of sp³-hybridized carbons (Fsp3) is 0.529. The summed E-state index contributed by atoms with van der Waals surface area (Å²) < 4.78 is 25.0. The molecule has 0 radical (unpaired) electrons. The molecule has 3 rings (SSSR count). The van der Waals surface area contributed by atoms with E-state index in [1.165, 1.54) is 12.1 Å². The van der Waals surface area contributed by atoms with Gasteiger partial charge in [-0.15, -0.1) is 0 Å². The fourth-order valence-electron chi connectivity index (χ4n) is 3.04. The first-order valence-corrected chi connectivity index (χ1v) is 8.10. The minimum absolute atomic E-state index is 0.135. The Morgan fingerprint density at radius 2 is 2.04 bits per heavy atom. The standard InChI is InChI=1S/C17H21FN2O5/c1-17(2,3)25-16(23)19-4-5-20-10(8-19)9-24-14-6-11(15(21)22)12(18)7-13(14)20/h6-7,10H,4-5,8-9H2,1-3H3,(H,21,22)/t10-/m0/s1. The van der Waals surface area contributed by atoms with Gasteiger partial charge in [-0.3, -0.25) is 0 Å². The average molecular weight is 352 g/mol. The third kappa shape index (κ3) is 3.47. The maximum atomic E-state index is 14.0. The molecular weight excluding hydrogens is 331 g/mol. The maximum absolute atomic E-state index is 14.0. The second-order valence-electron chi connectivity index (χ2n) is 7.19. The number of amides is 1. The van der Waals surface area contributed by atoms with Gasteiger partial charge >= 0.3 is 12.1 Å². The number of carbonyl (C=O) groups excluding carboxylic acids is 1. The third-order valence-electron chi connectivity index (χ3n) is 4.15. The van der Waals surface area contributed by atoms with Crippen molar-refractivity contribution in [3.63, 3.8) is 0 Å². The lowest BCUT2D eigenvalue weighted by molar-refractivity contribution is 0.0194. The van der Waals surface area contributed by atoms with E-state index >= 15 is 0 Å². The molecule has 1 amide bonds. The molecule has 0 spiro atoms. The highest BCUT2D eigenvalue weighted by molar-refractivity contribution is 5.89. The minimum atomic E-state index is -1.33. The van der Waals surface area contributed by atoms with Crippen molar-refractivity contribution in [1.82, 2.24) is 4.90 Å². The van der Waals surface area contributed by atoms with Gasteiger partial charge in [0.1, 0.15) is 23.8 Å². The first kappa shape index (κ1) is 17.3. The zero-order valence-corrected chi connectivity index (χ0v) is 14.4. The van der Waals surface area contributed by atoms with Crippen LogP contribution in [0.3, 0.4) is 0 Å². The predicted octanol–water partition coefficient (Wildman–Crippen LogP) is 2.34. The van der Waals surface area contributed by atoms with Crippen molar-refractivity contribution in [2.75, 3.05) is 31.1 Å². The summed E-state index contributed by atoms with van der Waals surface area (Å²) in [6.07, 6.45) is -0.384. The molecular formula is C17H21FN2O5. The van der Waals surface area contributed by atoms with E-state index in [9.17, 15) is 14.0 Å². The lowest BCUT2D eigenvalue weighted by atomic mass is 10.1. The molecule has 25 heavy (non-hydrogen) atoms. The Balaban J connectivity index is 1.78. The van der Waals surface area contributed by atoms with Crippen LogP contribution in [0.2, 0.25) is 0 Å². The van der Waals surface area contributed by atoms with Crippen molar-refractivity contribution < 1.29 is 28.6 Å². The Labute approximate surface area is 144 Å². The Kier molecular flexibility index (Phi) is 4.22. The van der Waals surface area contributed by atoms with Crippen LogP contribution in [0.4, 0.5) is 14.9 Å². The van der Waals surface area contributed by atoms with Gasteiger partial charge in [0.25, 0.3) is 0 Å². The summed E-state index contributed by atoms with van der Waals surface area (Å²) in [7, 11) is 0. The molecule has 1 saturated heterocycles. The second kappa shape index (κ2) is 6.09. The highest BCUT2D eigenvalue weighted by atomic mass is 19.1. The molecule has 0 aromatic heterocycles. The van der Waals surface area contributed by atoms with E-state index in [4.69, 9.17) is 14.6 Å². The summed E-state index contributed by atoms with van der Waals surface area (Å²) in [5, 5.41) is 9.02. The van der Waals surface area contributed by atoms with Gasteiger partial charge in [-0.25, -0.2) is 14.0 Å². The molecule has 2 heterocycles. The van der Waals surface area contributed by atoms with Crippen molar-refractivity contribution in [1.29, 1.82) is 0 Å². The summed E-state index contributed by atoms with van der Waals surface area (Å²) in [5.74, 6) is -1.79. The van der Waals surface area contributed by atoms with Gasteiger partial charge in [-0.1, -0.05) is 0 Å². The Bertz CT molecular complexity index is 716. The number of fused-ring (bicyclic) bond motifs is 3. The number of piperazine rings is 1. The minimum Gasteiger partial charge on any atom is -0.489 e. The average Bonchev–Trinajstić information content (AvgIpc) is 2.51. The van der Waals surface area contributed by atoms with E-state index in [0.29, 0.717) is 31.1 Å². The van der Waals surface area contributed by atoms with Gasteiger partial charge in [-0.2, -0.15) is 0 Å². The Morgan fingerprint density at radius 3 is 2.68 bits per heavy atom. The van der Waals surface area contributed by atoms with Crippen LogP contribution in [-0.2, 0) is 4.74 Å². The van der Waals surface area contributed by atoms with Gasteiger partial charge in [0.15, 0.2) is 0 Å². The molecule has 1 fully saturated rings. The number of carbonyl (C=O) groups is 2. The van der Waals surface area contributed by atoms with Gasteiger partial charge in [-0.05, 0) is 26.8 Å². The highest BCUT2D eigenvalue weighted by Crippen LogP contribution is 2.37. The quantitative estimate of drug-likeness (QED) is 0.836. The molecule has 0 unspecified atom stereocenters.